The summed E-state index contributed by atoms with van der Waals surface area (Å²) in [6, 6.07) is 63.9. The molecule has 42 heteroatoms. The number of carboxylic acids is 1. The molecule has 5 atom stereocenters. The van der Waals surface area contributed by atoms with Crippen LogP contribution in [0.15, 0.2) is 288 Å². The maximum absolute atomic E-state index is 14.5. The molecule has 0 spiro atoms. The molecule has 0 aliphatic carbocycles. The van der Waals surface area contributed by atoms with Crippen LogP contribution in [0.1, 0.15) is 132 Å². The van der Waals surface area contributed by atoms with E-state index >= 15 is 0 Å². The second-order valence-corrected chi connectivity index (χ2v) is 30.2. The number of Topliss-reactive ketones (excluding diaryl/α,β-unsaturated/α-hetero) is 2. The number of nitro groups is 3. The first-order valence-electron chi connectivity index (χ1n) is 42.6. The van der Waals surface area contributed by atoms with Crippen molar-refractivity contribution in [2.24, 2.45) is 5.73 Å². The SMILES string of the molecule is CC[C@H](N)c1nc2cccc(F)c2c(=O)n1-c1ccccc1.CC[C@H](NB(C)O)C(=O)C(C(=O)c1c(F)cccc1[N+](=O)[O-])c1ccccc1.CC[C@H](NB(C)O)c1nc2cccc(F)c2c(=O)n1-c1ccccc1.CC[C@H](Nc1ncnc2nc[nH]c12)c1nc2cccc(F)c2c(=O)n1-c1ccccc1.O=C(Nc1ccccc1)c1c(F)cccc1[N+](=O)[O-].O=C(O)c1c(F)cccc1[N+](=O)[O-]. The van der Waals surface area contributed by atoms with Gasteiger partial charge in [-0.05, 0) is 148 Å². The summed E-state index contributed by atoms with van der Waals surface area (Å²) in [5.41, 5.74) is 5.22. The van der Waals surface area contributed by atoms with Crippen LogP contribution in [0.3, 0.4) is 0 Å². The first-order valence-corrected chi connectivity index (χ1v) is 42.6. The summed E-state index contributed by atoms with van der Waals surface area (Å²) in [5, 5.41) is 71.4. The number of carbonyl (C=O) groups is 4. The number of rotatable bonds is 27. The number of hydrogen-bond donors (Lipinski definition) is 9. The number of aromatic amines is 1. The molecule has 34 nitrogen and oxygen atoms in total. The third kappa shape index (κ3) is 24.0. The van der Waals surface area contributed by atoms with Crippen LogP contribution in [0.25, 0.3) is 60.9 Å². The lowest BCUT2D eigenvalue weighted by Gasteiger charge is -2.23. The zero-order valence-electron chi connectivity index (χ0n) is 74.2. The molecule has 1 unspecified atom stereocenters. The molecule has 0 bridgehead atoms. The number of para-hydroxylation sites is 4. The van der Waals surface area contributed by atoms with E-state index in [1.54, 1.807) is 141 Å². The molecule has 10 N–H and O–H groups in total. The summed E-state index contributed by atoms with van der Waals surface area (Å²) in [4.78, 5) is 147. The van der Waals surface area contributed by atoms with Crippen LogP contribution in [0.4, 0.5) is 54.9 Å². The Kier molecular flexibility index (Phi) is 34.8. The Morgan fingerprint density at radius 2 is 0.826 bits per heavy atom. The minimum atomic E-state index is -1.65. The minimum Gasteiger partial charge on any atom is -0.477 e. The molecule has 0 saturated carbocycles. The lowest BCUT2D eigenvalue weighted by molar-refractivity contribution is -0.385. The fourth-order valence-corrected chi connectivity index (χ4v) is 14.6. The summed E-state index contributed by atoms with van der Waals surface area (Å²) >= 11 is 0. The lowest BCUT2D eigenvalue weighted by Crippen LogP contribution is -2.47. The van der Waals surface area contributed by atoms with Crippen molar-refractivity contribution in [1.82, 2.24) is 59.0 Å². The molecule has 5 aromatic heterocycles. The molecule has 0 fully saturated rings. The average Bonchev–Trinajstić information content (AvgIpc) is 0.884. The van der Waals surface area contributed by atoms with E-state index < -0.39 is 156 Å². The van der Waals surface area contributed by atoms with Gasteiger partial charge in [0.15, 0.2) is 34.2 Å². The minimum absolute atomic E-state index is 0.0154. The summed E-state index contributed by atoms with van der Waals surface area (Å²) in [6.07, 6.45) is 5.05. The largest absolute Gasteiger partial charge is 0.477 e. The summed E-state index contributed by atoms with van der Waals surface area (Å²) in [7, 11) is -1.78. The molecule has 16 rings (SSSR count). The number of amides is 1. The first-order chi connectivity index (χ1) is 66.2. The number of nitrogens with two attached hydrogens (primary N) is 1. The van der Waals surface area contributed by atoms with E-state index in [0.717, 1.165) is 48.5 Å². The van der Waals surface area contributed by atoms with Crippen molar-refractivity contribution < 1.29 is 75.4 Å². The predicted octanol–water partition coefficient (Wildman–Crippen LogP) is 16.5. The molecule has 0 aliphatic rings. The van der Waals surface area contributed by atoms with Crippen LogP contribution in [-0.4, -0.2) is 122 Å². The average molecular weight is 1880 g/mol. The van der Waals surface area contributed by atoms with Gasteiger partial charge in [0.2, 0.25) is 0 Å². The number of halogens is 6. The molecule has 11 aromatic carbocycles. The van der Waals surface area contributed by atoms with Gasteiger partial charge in [0.25, 0.3) is 39.6 Å². The zero-order valence-corrected chi connectivity index (χ0v) is 74.2. The number of anilines is 2. The van der Waals surface area contributed by atoms with E-state index in [4.69, 9.17) is 15.8 Å². The van der Waals surface area contributed by atoms with Gasteiger partial charge in [0.1, 0.15) is 91.9 Å². The number of benzene rings is 11. The Labute approximate surface area is 780 Å². The summed E-state index contributed by atoms with van der Waals surface area (Å²) in [5.74, 6) is -8.52. The fourth-order valence-electron chi connectivity index (χ4n) is 14.6. The number of H-pyrrole nitrogens is 1. The normalized spacial score (nSPS) is 11.9. The van der Waals surface area contributed by atoms with E-state index in [1.165, 1.54) is 75.4 Å². The number of nitrogens with zero attached hydrogens (tertiary/aromatic N) is 12. The molecule has 0 radical (unpaired) electrons. The van der Waals surface area contributed by atoms with Crippen molar-refractivity contribution in [3.05, 3.63) is 410 Å². The van der Waals surface area contributed by atoms with E-state index in [-0.39, 0.29) is 34.7 Å². The molecule has 1 amide bonds. The van der Waals surface area contributed by atoms with E-state index in [9.17, 15) is 100 Å². The van der Waals surface area contributed by atoms with Crippen LogP contribution in [-0.2, 0) is 4.79 Å². The lowest BCUT2D eigenvalue weighted by atomic mass is 9.80. The second kappa shape index (κ2) is 47.2. The van der Waals surface area contributed by atoms with Gasteiger partial charge < -0.3 is 47.0 Å². The maximum atomic E-state index is 14.5. The van der Waals surface area contributed by atoms with Crippen molar-refractivity contribution in [1.29, 1.82) is 0 Å². The van der Waals surface area contributed by atoms with Crippen LogP contribution < -0.4 is 43.5 Å². The van der Waals surface area contributed by atoms with Crippen LogP contribution in [0.5, 0.6) is 0 Å². The highest BCUT2D eigenvalue weighted by Gasteiger charge is 2.39. The van der Waals surface area contributed by atoms with Gasteiger partial charge in [-0.2, -0.15) is 0 Å². The van der Waals surface area contributed by atoms with Gasteiger partial charge in [-0.1, -0.05) is 167 Å². The Morgan fingerprint density at radius 3 is 1.23 bits per heavy atom. The number of nitrogens with one attached hydrogen (secondary N) is 5. The number of aromatic carboxylic acids is 1. The molecule has 5 heterocycles. The highest BCUT2D eigenvalue weighted by molar-refractivity contribution is 6.46. The van der Waals surface area contributed by atoms with Gasteiger partial charge in [0.05, 0.1) is 78.9 Å². The Balaban J connectivity index is 0.000000161. The number of carboxylic acid groups (broad SMARTS) is 1. The monoisotopic (exact) mass is 1880 g/mol. The van der Waals surface area contributed by atoms with Gasteiger partial charge in [-0.3, -0.25) is 72.8 Å². The Hall–Kier alpha value is -16.8. The van der Waals surface area contributed by atoms with E-state index in [2.05, 4.69) is 51.0 Å². The number of ketones is 2. The molecular formula is C96H86B2F6N18O16. The molecule has 0 aliphatic heterocycles. The zero-order chi connectivity index (χ0) is 99.7. The smallest absolute Gasteiger partial charge is 0.374 e. The highest BCUT2D eigenvalue weighted by atomic mass is 19.1. The molecular weight excluding hydrogens is 1800 g/mol. The summed E-state index contributed by atoms with van der Waals surface area (Å²) in [6.45, 7) is 10.5. The van der Waals surface area contributed by atoms with E-state index in [1.807, 2.05) is 63.2 Å². The number of carbonyl (C=O) groups excluding carboxylic acids is 3. The third-order valence-electron chi connectivity index (χ3n) is 21.0. The number of nitro benzene ring substituents is 3. The Morgan fingerprint density at radius 1 is 0.449 bits per heavy atom. The number of imidazole rings is 1. The molecule has 138 heavy (non-hydrogen) atoms. The van der Waals surface area contributed by atoms with Crippen molar-refractivity contribution >= 4 is 110 Å². The number of hydrogen-bond acceptors (Lipinski definition) is 25. The van der Waals surface area contributed by atoms with Gasteiger partial charge in [-0.25, -0.2) is 61.0 Å². The number of fused-ring (bicyclic) bond motifs is 4. The van der Waals surface area contributed by atoms with Crippen LogP contribution >= 0.6 is 0 Å². The van der Waals surface area contributed by atoms with E-state index in [0.29, 0.717) is 98.6 Å². The molecule has 0 saturated heterocycles. The highest BCUT2D eigenvalue weighted by Crippen LogP contribution is 2.34. The number of aromatic nitrogens is 10. The van der Waals surface area contributed by atoms with Crippen LogP contribution in [0.2, 0.25) is 13.6 Å². The topological polar surface area (TPSA) is 492 Å². The van der Waals surface area contributed by atoms with Crippen molar-refractivity contribution in [3.8, 4) is 17.1 Å². The second-order valence-electron chi connectivity index (χ2n) is 30.2. The predicted molar refractivity (Wildman–Crippen MR) is 508 cm³/mol. The quantitative estimate of drug-likeness (QED) is 0.00576. The van der Waals surface area contributed by atoms with Crippen molar-refractivity contribution in [3.63, 3.8) is 0 Å². The van der Waals surface area contributed by atoms with Crippen molar-refractivity contribution in [2.45, 2.75) is 97.1 Å². The van der Waals surface area contributed by atoms with Crippen molar-refractivity contribution in [2.75, 3.05) is 10.6 Å². The fraction of sp³-hybridized carbons (Fsp3) is 0.156. The van der Waals surface area contributed by atoms with Gasteiger partial charge in [0, 0.05) is 23.9 Å². The standard InChI is InChI=1S/C22H18FN7O.C19H20BFN2O5.C18H19BFN3O2.C17H16FN3O.C13H9FN2O3.C7H4FNO4/c1-2-15(28-20-18-19(25-11-24-18)26-12-27-20)21-29-16-10-6-9-14(23)17(16)22(31)30(21)13-7-4-3-5-8-13;1-3-14(22-20(2)26)18(24)16(12-8-5-4-6-9-12)19(25)17-13(21)10-7-11-15(17)23(27)28;1-3-14(22-19(2)25)17-21-15-11-7-10-13(20)16(15)18(24)23(17)12-8-5-4-6-9-12;1-2-13(19)16-20-14-10-6-9-12(18)15(14)17(22)21(16)11-7-4-3-5-8-11;14-10-7-4-8-11(16(18)19)12(10)13(17)15-9-5-2-1-3-6-9;8-4-2-1-3-5(9(12)13)6(4)7(10)11/h3-12,15H,2H2,1H3,(H2,24,25,26,27,28);4-11,14,16,22,26H,3H2,1-2H3;4-11,14,22,25H,3H2,1-2H3;3-10,13H,2,19H2,1H3;1-8H,(H,15,17);1-3H,(H,10,11)/t15-;14-,16?;14-;13-;;/m0000../s1. The third-order valence-corrected chi connectivity index (χ3v) is 21.0. The molecule has 16 aromatic rings. The van der Waals surface area contributed by atoms with Gasteiger partial charge in [-0.15, -0.1) is 0 Å². The summed E-state index contributed by atoms with van der Waals surface area (Å²) < 4.78 is 87.9. The first kappa shape index (κ1) is 102. The maximum Gasteiger partial charge on any atom is 0.374 e. The Bertz CT molecular complexity index is 7320. The molecule has 704 valence electrons. The van der Waals surface area contributed by atoms with Crippen LogP contribution in [0, 0.1) is 65.2 Å². The van der Waals surface area contributed by atoms with Gasteiger partial charge >= 0.3 is 20.1 Å².